The Labute approximate surface area is 229 Å². The van der Waals surface area contributed by atoms with Gasteiger partial charge in [-0.15, -0.1) is 11.8 Å². The number of carbonyl (C=O) groups is 2. The van der Waals surface area contributed by atoms with Gasteiger partial charge in [-0.05, 0) is 60.4 Å². The molecule has 0 spiro atoms. The van der Waals surface area contributed by atoms with Crippen LogP contribution in [0.25, 0.3) is 0 Å². The van der Waals surface area contributed by atoms with Gasteiger partial charge in [-0.2, -0.15) is 0 Å². The third-order valence-corrected chi connectivity index (χ3v) is 8.14. The Balaban J connectivity index is 1.49. The van der Waals surface area contributed by atoms with Crippen molar-refractivity contribution in [3.05, 3.63) is 101 Å². The van der Waals surface area contributed by atoms with Gasteiger partial charge in [0.15, 0.2) is 0 Å². The number of thioether (sulfide) groups is 1. The topological polar surface area (TPSA) is 49.4 Å². The summed E-state index contributed by atoms with van der Waals surface area (Å²) in [6, 6.07) is 27.4. The van der Waals surface area contributed by atoms with Gasteiger partial charge in [0.05, 0.1) is 0 Å². The minimum Gasteiger partial charge on any atom is -0.352 e. The number of nitrogens with one attached hydrogen (secondary N) is 1. The zero-order chi connectivity index (χ0) is 25.9. The first-order chi connectivity index (χ1) is 18.1. The summed E-state index contributed by atoms with van der Waals surface area (Å²) in [6.45, 7) is 0.416. The van der Waals surface area contributed by atoms with E-state index in [0.29, 0.717) is 19.4 Å². The molecule has 0 heterocycles. The van der Waals surface area contributed by atoms with E-state index in [1.165, 1.54) is 0 Å². The maximum absolute atomic E-state index is 13.7. The molecule has 1 aliphatic carbocycles. The van der Waals surface area contributed by atoms with Crippen LogP contribution < -0.4 is 5.32 Å². The average molecular weight is 535 g/mol. The van der Waals surface area contributed by atoms with Gasteiger partial charge in [-0.3, -0.25) is 9.59 Å². The van der Waals surface area contributed by atoms with Gasteiger partial charge in [0.25, 0.3) is 0 Å². The van der Waals surface area contributed by atoms with Gasteiger partial charge in [0.1, 0.15) is 6.04 Å². The van der Waals surface area contributed by atoms with Crippen molar-refractivity contribution in [2.45, 2.75) is 68.5 Å². The molecule has 0 aromatic heterocycles. The maximum Gasteiger partial charge on any atom is 0.243 e. The van der Waals surface area contributed by atoms with E-state index in [4.69, 9.17) is 11.6 Å². The monoisotopic (exact) mass is 534 g/mol. The normalized spacial score (nSPS) is 14.3. The SMILES string of the molecule is O=C(NC1CCCC1)[C@@H](Cc1ccccc1)N(Cc1ccccc1)C(=O)CCCSc1ccc(Cl)cc1. The first-order valence-electron chi connectivity index (χ1n) is 13.1. The fourth-order valence-corrected chi connectivity index (χ4v) is 5.77. The highest BCUT2D eigenvalue weighted by atomic mass is 35.5. The fraction of sp³-hybridized carbons (Fsp3) is 0.355. The van der Waals surface area contributed by atoms with Crippen molar-refractivity contribution in [1.82, 2.24) is 10.2 Å². The quantitative estimate of drug-likeness (QED) is 0.203. The molecular formula is C31H35ClN2O2S. The van der Waals surface area contributed by atoms with Crippen LogP contribution in [0.15, 0.2) is 89.8 Å². The number of carbonyl (C=O) groups excluding carboxylic acids is 2. The van der Waals surface area contributed by atoms with Crippen molar-refractivity contribution < 1.29 is 9.59 Å². The summed E-state index contributed by atoms with van der Waals surface area (Å²) in [5, 5.41) is 3.98. The summed E-state index contributed by atoms with van der Waals surface area (Å²) in [7, 11) is 0. The van der Waals surface area contributed by atoms with Crippen LogP contribution in [0.5, 0.6) is 0 Å². The van der Waals surface area contributed by atoms with Crippen LogP contribution in [-0.4, -0.2) is 34.6 Å². The molecule has 37 heavy (non-hydrogen) atoms. The van der Waals surface area contributed by atoms with Crippen molar-refractivity contribution in [2.75, 3.05) is 5.75 Å². The van der Waals surface area contributed by atoms with E-state index in [1.54, 1.807) is 16.7 Å². The second kappa shape index (κ2) is 14.3. The van der Waals surface area contributed by atoms with Crippen molar-refractivity contribution >= 4 is 35.2 Å². The second-order valence-electron chi connectivity index (χ2n) is 9.61. The molecule has 0 aliphatic heterocycles. The molecule has 3 aromatic carbocycles. The largest absolute Gasteiger partial charge is 0.352 e. The Hall–Kier alpha value is -2.76. The molecule has 4 rings (SSSR count). The number of rotatable bonds is 12. The molecule has 1 saturated carbocycles. The van der Waals surface area contributed by atoms with Crippen LogP contribution in [0.2, 0.25) is 5.02 Å². The van der Waals surface area contributed by atoms with Crippen molar-refractivity contribution in [2.24, 2.45) is 0 Å². The second-order valence-corrected chi connectivity index (χ2v) is 11.2. The lowest BCUT2D eigenvalue weighted by Crippen LogP contribution is -2.52. The lowest BCUT2D eigenvalue weighted by molar-refractivity contribution is -0.141. The molecule has 0 bridgehead atoms. The summed E-state index contributed by atoms with van der Waals surface area (Å²) in [5.41, 5.74) is 2.08. The number of halogens is 1. The summed E-state index contributed by atoms with van der Waals surface area (Å²) >= 11 is 7.71. The molecule has 1 fully saturated rings. The Kier molecular flexibility index (Phi) is 10.5. The molecule has 2 amide bonds. The molecular weight excluding hydrogens is 500 g/mol. The Morgan fingerprint density at radius 3 is 2.16 bits per heavy atom. The Morgan fingerprint density at radius 1 is 0.892 bits per heavy atom. The molecule has 0 unspecified atom stereocenters. The first kappa shape index (κ1) is 27.3. The smallest absolute Gasteiger partial charge is 0.243 e. The predicted octanol–water partition coefficient (Wildman–Crippen LogP) is 6.91. The number of benzene rings is 3. The number of nitrogens with zero attached hydrogens (tertiary/aromatic N) is 1. The summed E-state index contributed by atoms with van der Waals surface area (Å²) in [6.07, 6.45) is 5.95. The van der Waals surface area contributed by atoms with Gasteiger partial charge in [-0.25, -0.2) is 0 Å². The summed E-state index contributed by atoms with van der Waals surface area (Å²) in [4.78, 5) is 30.3. The van der Waals surface area contributed by atoms with Gasteiger partial charge in [0.2, 0.25) is 11.8 Å². The molecule has 194 valence electrons. The van der Waals surface area contributed by atoms with Gasteiger partial charge >= 0.3 is 0 Å². The Bertz CT molecular complexity index is 1120. The summed E-state index contributed by atoms with van der Waals surface area (Å²) in [5.74, 6) is 0.795. The highest BCUT2D eigenvalue weighted by Gasteiger charge is 2.31. The average Bonchev–Trinajstić information content (AvgIpc) is 3.43. The van der Waals surface area contributed by atoms with Crippen molar-refractivity contribution in [1.29, 1.82) is 0 Å². The van der Waals surface area contributed by atoms with Gasteiger partial charge in [-0.1, -0.05) is 85.1 Å². The van der Waals surface area contributed by atoms with E-state index in [1.807, 2.05) is 84.9 Å². The van der Waals surface area contributed by atoms with Crippen molar-refractivity contribution in [3.8, 4) is 0 Å². The summed E-state index contributed by atoms with van der Waals surface area (Å²) < 4.78 is 0. The third-order valence-electron chi connectivity index (χ3n) is 6.79. The van der Waals surface area contributed by atoms with Crippen LogP contribution in [0.1, 0.15) is 49.7 Å². The van der Waals surface area contributed by atoms with E-state index >= 15 is 0 Å². The van der Waals surface area contributed by atoms with E-state index in [-0.39, 0.29) is 17.9 Å². The first-order valence-corrected chi connectivity index (χ1v) is 14.5. The molecule has 1 atom stereocenters. The number of hydrogen-bond donors (Lipinski definition) is 1. The van der Waals surface area contributed by atoms with E-state index in [9.17, 15) is 9.59 Å². The van der Waals surface area contributed by atoms with Crippen LogP contribution in [0, 0.1) is 0 Å². The molecule has 0 radical (unpaired) electrons. The molecule has 6 heteroatoms. The maximum atomic E-state index is 13.7. The number of hydrogen-bond acceptors (Lipinski definition) is 3. The van der Waals surface area contributed by atoms with E-state index < -0.39 is 6.04 Å². The number of amides is 2. The highest BCUT2D eigenvalue weighted by molar-refractivity contribution is 7.99. The van der Waals surface area contributed by atoms with Crippen LogP contribution in [0.3, 0.4) is 0 Å². The fourth-order valence-electron chi connectivity index (χ4n) is 4.79. The van der Waals surface area contributed by atoms with Crippen LogP contribution in [0.4, 0.5) is 0 Å². The molecule has 3 aromatic rings. The minimum atomic E-state index is -0.556. The molecule has 0 saturated heterocycles. The standard InChI is InChI=1S/C31H35ClN2O2S/c32-26-17-19-28(20-18-26)37-21-9-16-30(35)34(23-25-12-5-2-6-13-25)29(22-24-10-3-1-4-11-24)31(36)33-27-14-7-8-15-27/h1-6,10-13,17-20,27,29H,7-9,14-16,21-23H2,(H,33,36)/t29-/m1/s1. The van der Waals surface area contributed by atoms with Gasteiger partial charge in [0, 0.05) is 35.3 Å². The van der Waals surface area contributed by atoms with Gasteiger partial charge < -0.3 is 10.2 Å². The lowest BCUT2D eigenvalue weighted by atomic mass is 10.0. The Morgan fingerprint density at radius 2 is 1.51 bits per heavy atom. The van der Waals surface area contributed by atoms with Crippen LogP contribution in [-0.2, 0) is 22.6 Å². The lowest BCUT2D eigenvalue weighted by Gasteiger charge is -2.32. The minimum absolute atomic E-state index is 0.0167. The van der Waals surface area contributed by atoms with E-state index in [0.717, 1.165) is 58.9 Å². The highest BCUT2D eigenvalue weighted by Crippen LogP contribution is 2.23. The third kappa shape index (κ3) is 8.65. The zero-order valence-electron chi connectivity index (χ0n) is 21.2. The molecule has 4 nitrogen and oxygen atoms in total. The zero-order valence-corrected chi connectivity index (χ0v) is 22.7. The van der Waals surface area contributed by atoms with Crippen LogP contribution >= 0.6 is 23.4 Å². The molecule has 1 aliphatic rings. The van der Waals surface area contributed by atoms with Crippen molar-refractivity contribution in [3.63, 3.8) is 0 Å². The van der Waals surface area contributed by atoms with E-state index in [2.05, 4.69) is 5.32 Å². The molecule has 1 N–H and O–H groups in total. The predicted molar refractivity (Wildman–Crippen MR) is 153 cm³/mol.